The Labute approximate surface area is 119 Å². The summed E-state index contributed by atoms with van der Waals surface area (Å²) in [6.07, 6.45) is 4.20. The molecule has 2 N–H and O–H groups in total. The summed E-state index contributed by atoms with van der Waals surface area (Å²) in [6.45, 7) is 8.06. The van der Waals surface area contributed by atoms with Crippen LogP contribution in [0.2, 0.25) is 0 Å². The summed E-state index contributed by atoms with van der Waals surface area (Å²) in [6, 6.07) is 1.88. The minimum absolute atomic E-state index is 0.326. The summed E-state index contributed by atoms with van der Waals surface area (Å²) in [5.41, 5.74) is 5.92. The predicted molar refractivity (Wildman–Crippen MR) is 78.0 cm³/mol. The van der Waals surface area contributed by atoms with E-state index in [1.807, 2.05) is 33.8 Å². The first-order valence-electron chi connectivity index (χ1n) is 7.06. The molecule has 1 aromatic heterocycles. The van der Waals surface area contributed by atoms with Crippen molar-refractivity contribution >= 4 is 18.4 Å². The number of anilines is 1. The van der Waals surface area contributed by atoms with Gasteiger partial charge in [-0.3, -0.25) is 0 Å². The van der Waals surface area contributed by atoms with E-state index in [2.05, 4.69) is 4.98 Å². The molecule has 0 unspecified atom stereocenters. The van der Waals surface area contributed by atoms with Crippen LogP contribution in [0.25, 0.3) is 0 Å². The van der Waals surface area contributed by atoms with Gasteiger partial charge in [0, 0.05) is 5.46 Å². The lowest BCUT2D eigenvalue weighted by molar-refractivity contribution is 0.00578. The van der Waals surface area contributed by atoms with Crippen molar-refractivity contribution in [3.63, 3.8) is 0 Å². The Morgan fingerprint density at radius 1 is 1.25 bits per heavy atom. The van der Waals surface area contributed by atoms with Gasteiger partial charge in [-0.25, -0.2) is 4.98 Å². The Morgan fingerprint density at radius 2 is 1.85 bits per heavy atom. The molecule has 1 aliphatic heterocycles. The molecule has 1 aliphatic carbocycles. The lowest BCUT2D eigenvalue weighted by Gasteiger charge is -2.32. The zero-order valence-electron chi connectivity index (χ0n) is 12.5. The first-order valence-corrected chi connectivity index (χ1v) is 7.06. The monoisotopic (exact) mass is 276 g/mol. The highest BCUT2D eigenvalue weighted by atomic mass is 16.7. The predicted octanol–water partition coefficient (Wildman–Crippen LogP) is 1.50. The lowest BCUT2D eigenvalue weighted by Crippen LogP contribution is -2.41. The fourth-order valence-electron chi connectivity index (χ4n) is 2.07. The fourth-order valence-corrected chi connectivity index (χ4v) is 2.07. The summed E-state index contributed by atoms with van der Waals surface area (Å²) >= 11 is 0. The van der Waals surface area contributed by atoms with Crippen LogP contribution in [-0.2, 0) is 9.31 Å². The number of nitrogens with zero attached hydrogens (tertiary/aromatic N) is 1. The second-order valence-electron chi connectivity index (χ2n) is 6.55. The Kier molecular flexibility index (Phi) is 2.99. The quantitative estimate of drug-likeness (QED) is 0.847. The third-order valence-electron chi connectivity index (χ3n) is 4.26. The summed E-state index contributed by atoms with van der Waals surface area (Å²) in [5.74, 6) is 1.15. The molecule has 0 amide bonds. The molecular formula is C14H21BN2O3. The van der Waals surface area contributed by atoms with E-state index >= 15 is 0 Å². The number of aromatic nitrogens is 1. The van der Waals surface area contributed by atoms with E-state index in [1.54, 1.807) is 6.20 Å². The van der Waals surface area contributed by atoms with Crippen LogP contribution in [0.4, 0.5) is 5.82 Å². The van der Waals surface area contributed by atoms with Gasteiger partial charge in [0.2, 0.25) is 0 Å². The zero-order valence-corrected chi connectivity index (χ0v) is 12.5. The highest BCUT2D eigenvalue weighted by Gasteiger charge is 2.52. The van der Waals surface area contributed by atoms with E-state index in [-0.39, 0.29) is 0 Å². The highest BCUT2D eigenvalue weighted by molar-refractivity contribution is 6.63. The fraction of sp³-hybridized carbons (Fsp3) is 0.643. The Balaban J connectivity index is 1.86. The summed E-state index contributed by atoms with van der Waals surface area (Å²) in [5, 5.41) is 0. The SMILES string of the molecule is CC1(C)OB(c2cc(OC3CC3)cnc2N)OC1(C)C. The van der Waals surface area contributed by atoms with E-state index in [0.29, 0.717) is 11.9 Å². The van der Waals surface area contributed by atoms with Crippen molar-refractivity contribution in [2.45, 2.75) is 57.8 Å². The zero-order chi connectivity index (χ0) is 14.5. The molecule has 6 heteroatoms. The Morgan fingerprint density at radius 3 is 2.40 bits per heavy atom. The van der Waals surface area contributed by atoms with Crippen LogP contribution < -0.4 is 15.9 Å². The van der Waals surface area contributed by atoms with Gasteiger partial charge >= 0.3 is 7.12 Å². The number of pyridine rings is 1. The van der Waals surface area contributed by atoms with Crippen LogP contribution in [-0.4, -0.2) is 29.4 Å². The maximum atomic E-state index is 6.01. The molecular weight excluding hydrogens is 255 g/mol. The molecule has 3 rings (SSSR count). The molecule has 0 aromatic carbocycles. The molecule has 0 radical (unpaired) electrons. The van der Waals surface area contributed by atoms with Crippen molar-refractivity contribution in [2.75, 3.05) is 5.73 Å². The molecule has 20 heavy (non-hydrogen) atoms. The minimum Gasteiger partial charge on any atom is -0.489 e. The summed E-state index contributed by atoms with van der Waals surface area (Å²) in [4.78, 5) is 4.19. The van der Waals surface area contributed by atoms with Crippen LogP contribution in [0.5, 0.6) is 5.75 Å². The molecule has 1 saturated heterocycles. The van der Waals surface area contributed by atoms with Gasteiger partial charge in [0.25, 0.3) is 0 Å². The van der Waals surface area contributed by atoms with Crippen molar-refractivity contribution in [3.05, 3.63) is 12.3 Å². The average Bonchev–Trinajstić information content (AvgIpc) is 3.10. The Bertz CT molecular complexity index is 513. The largest absolute Gasteiger partial charge is 0.498 e. The molecule has 0 bridgehead atoms. The van der Waals surface area contributed by atoms with Crippen LogP contribution in [0.1, 0.15) is 40.5 Å². The van der Waals surface area contributed by atoms with Gasteiger partial charge in [0.05, 0.1) is 23.5 Å². The third-order valence-corrected chi connectivity index (χ3v) is 4.26. The number of hydrogen-bond acceptors (Lipinski definition) is 5. The van der Waals surface area contributed by atoms with Crippen molar-refractivity contribution in [2.24, 2.45) is 0 Å². The maximum absolute atomic E-state index is 6.01. The molecule has 0 atom stereocenters. The molecule has 2 fully saturated rings. The van der Waals surface area contributed by atoms with Crippen LogP contribution in [0, 0.1) is 0 Å². The van der Waals surface area contributed by atoms with Crippen molar-refractivity contribution < 1.29 is 14.0 Å². The number of rotatable bonds is 3. The standard InChI is InChI=1S/C14H21BN2O3/c1-13(2)14(3,4)20-15(19-13)11-7-10(8-17-12(11)16)18-9-5-6-9/h7-9H,5-6H2,1-4H3,(H2,16,17). The first-order chi connectivity index (χ1) is 9.28. The average molecular weight is 276 g/mol. The number of hydrogen-bond donors (Lipinski definition) is 1. The van der Waals surface area contributed by atoms with Gasteiger partial charge in [-0.2, -0.15) is 0 Å². The molecule has 0 spiro atoms. The Hall–Kier alpha value is -1.27. The number of nitrogens with two attached hydrogens (primary N) is 1. The minimum atomic E-state index is -0.504. The van der Waals surface area contributed by atoms with Gasteiger partial charge in [-0.1, -0.05) is 0 Å². The van der Waals surface area contributed by atoms with E-state index in [1.165, 1.54) is 0 Å². The van der Waals surface area contributed by atoms with Gasteiger partial charge in [0.15, 0.2) is 0 Å². The van der Waals surface area contributed by atoms with Crippen molar-refractivity contribution in [3.8, 4) is 5.75 Å². The van der Waals surface area contributed by atoms with Gasteiger partial charge < -0.3 is 19.8 Å². The smallest absolute Gasteiger partial charge is 0.489 e. The van der Waals surface area contributed by atoms with E-state index < -0.39 is 18.3 Å². The maximum Gasteiger partial charge on any atom is 0.498 e. The summed E-state index contributed by atoms with van der Waals surface area (Å²) < 4.78 is 17.8. The van der Waals surface area contributed by atoms with Crippen molar-refractivity contribution in [1.82, 2.24) is 4.98 Å². The van der Waals surface area contributed by atoms with Gasteiger partial charge in [0.1, 0.15) is 11.6 Å². The molecule has 108 valence electrons. The molecule has 5 nitrogen and oxygen atoms in total. The second kappa shape index (κ2) is 4.36. The van der Waals surface area contributed by atoms with E-state index in [0.717, 1.165) is 24.1 Å². The van der Waals surface area contributed by atoms with E-state index in [9.17, 15) is 0 Å². The van der Waals surface area contributed by atoms with Gasteiger partial charge in [-0.05, 0) is 46.6 Å². The van der Waals surface area contributed by atoms with Crippen molar-refractivity contribution in [1.29, 1.82) is 0 Å². The van der Waals surface area contributed by atoms with Crippen LogP contribution in [0.15, 0.2) is 12.3 Å². The van der Waals surface area contributed by atoms with Gasteiger partial charge in [-0.15, -0.1) is 0 Å². The van der Waals surface area contributed by atoms with Crippen LogP contribution >= 0.6 is 0 Å². The molecule has 1 saturated carbocycles. The molecule has 1 aromatic rings. The first kappa shape index (κ1) is 13.7. The number of nitrogen functional groups attached to an aromatic ring is 1. The normalized spacial score (nSPS) is 23.9. The lowest BCUT2D eigenvalue weighted by atomic mass is 9.79. The molecule has 2 heterocycles. The highest BCUT2D eigenvalue weighted by Crippen LogP contribution is 2.37. The topological polar surface area (TPSA) is 66.6 Å². The summed E-state index contributed by atoms with van der Waals surface area (Å²) in [7, 11) is -0.504. The van der Waals surface area contributed by atoms with Crippen LogP contribution in [0.3, 0.4) is 0 Å². The molecule has 2 aliphatic rings. The number of ether oxygens (including phenoxy) is 1. The second-order valence-corrected chi connectivity index (χ2v) is 6.55. The third kappa shape index (κ3) is 2.38. The van der Waals surface area contributed by atoms with E-state index in [4.69, 9.17) is 19.8 Å².